The number of nitrogens with one attached hydrogen (secondary N) is 1. The molecular formula is C14H22N2. The highest BCUT2D eigenvalue weighted by Gasteiger charge is 2.19. The minimum absolute atomic E-state index is 0.729. The summed E-state index contributed by atoms with van der Waals surface area (Å²) in [6.07, 6.45) is 10.3. The molecule has 0 saturated carbocycles. The SMILES string of the molecule is CCC1CCNC(CCc2ccncc2)C1. The van der Waals surface area contributed by atoms with Crippen molar-refractivity contribution in [3.8, 4) is 0 Å². The van der Waals surface area contributed by atoms with E-state index in [-0.39, 0.29) is 0 Å². The van der Waals surface area contributed by atoms with E-state index in [9.17, 15) is 0 Å². The van der Waals surface area contributed by atoms with Crippen molar-refractivity contribution in [3.05, 3.63) is 30.1 Å². The normalized spacial score (nSPS) is 25.6. The molecule has 0 aliphatic carbocycles. The fourth-order valence-electron chi connectivity index (χ4n) is 2.58. The summed E-state index contributed by atoms with van der Waals surface area (Å²) in [6, 6.07) is 4.98. The van der Waals surface area contributed by atoms with Crippen LogP contribution in [0.4, 0.5) is 0 Å². The molecule has 1 aromatic rings. The Bertz CT molecular complexity index is 297. The Kier molecular flexibility index (Phi) is 4.34. The summed E-state index contributed by atoms with van der Waals surface area (Å²) in [6.45, 7) is 3.52. The molecule has 2 rings (SSSR count). The van der Waals surface area contributed by atoms with Crippen molar-refractivity contribution in [1.29, 1.82) is 0 Å². The van der Waals surface area contributed by atoms with E-state index in [0.717, 1.165) is 12.0 Å². The van der Waals surface area contributed by atoms with E-state index in [2.05, 4.69) is 29.4 Å². The standard InChI is InChI=1S/C14H22N2/c1-2-12-7-10-16-14(11-12)4-3-13-5-8-15-9-6-13/h5-6,8-9,12,14,16H,2-4,7,10-11H2,1H3. The Morgan fingerprint density at radius 1 is 1.38 bits per heavy atom. The molecule has 1 saturated heterocycles. The first-order chi connectivity index (χ1) is 7.88. The van der Waals surface area contributed by atoms with Crippen molar-refractivity contribution in [2.45, 2.75) is 45.1 Å². The van der Waals surface area contributed by atoms with Crippen LogP contribution in [0.5, 0.6) is 0 Å². The summed E-state index contributed by atoms with van der Waals surface area (Å²) in [5, 5.41) is 3.64. The van der Waals surface area contributed by atoms with Crippen molar-refractivity contribution in [1.82, 2.24) is 10.3 Å². The average molecular weight is 218 g/mol. The Hall–Kier alpha value is -0.890. The number of nitrogens with zero attached hydrogens (tertiary/aromatic N) is 1. The number of piperidine rings is 1. The lowest BCUT2D eigenvalue weighted by Crippen LogP contribution is -2.38. The molecule has 2 heterocycles. The molecule has 16 heavy (non-hydrogen) atoms. The van der Waals surface area contributed by atoms with E-state index >= 15 is 0 Å². The van der Waals surface area contributed by atoms with Crippen LogP contribution in [0.25, 0.3) is 0 Å². The van der Waals surface area contributed by atoms with Gasteiger partial charge in [-0.15, -0.1) is 0 Å². The van der Waals surface area contributed by atoms with Crippen LogP contribution >= 0.6 is 0 Å². The zero-order chi connectivity index (χ0) is 11.2. The van der Waals surface area contributed by atoms with Gasteiger partial charge in [-0.05, 0) is 55.8 Å². The van der Waals surface area contributed by atoms with Gasteiger partial charge in [-0.1, -0.05) is 13.3 Å². The van der Waals surface area contributed by atoms with Gasteiger partial charge in [-0.2, -0.15) is 0 Å². The highest BCUT2D eigenvalue weighted by Crippen LogP contribution is 2.21. The third-order valence-corrected chi connectivity index (χ3v) is 3.71. The first-order valence-electron chi connectivity index (χ1n) is 6.50. The number of rotatable bonds is 4. The van der Waals surface area contributed by atoms with Crippen molar-refractivity contribution in [3.63, 3.8) is 0 Å². The van der Waals surface area contributed by atoms with Crippen LogP contribution in [0.15, 0.2) is 24.5 Å². The van der Waals surface area contributed by atoms with E-state index in [4.69, 9.17) is 0 Å². The average Bonchev–Trinajstić information content (AvgIpc) is 2.38. The molecule has 0 radical (unpaired) electrons. The molecule has 0 aromatic carbocycles. The van der Waals surface area contributed by atoms with E-state index in [0.29, 0.717) is 0 Å². The van der Waals surface area contributed by atoms with Gasteiger partial charge < -0.3 is 5.32 Å². The topological polar surface area (TPSA) is 24.9 Å². The van der Waals surface area contributed by atoms with Crippen molar-refractivity contribution in [2.24, 2.45) is 5.92 Å². The summed E-state index contributed by atoms with van der Waals surface area (Å²) in [4.78, 5) is 4.05. The Morgan fingerprint density at radius 2 is 2.19 bits per heavy atom. The van der Waals surface area contributed by atoms with Gasteiger partial charge in [0.15, 0.2) is 0 Å². The molecule has 2 unspecified atom stereocenters. The van der Waals surface area contributed by atoms with Gasteiger partial charge in [-0.25, -0.2) is 0 Å². The van der Waals surface area contributed by atoms with Crippen molar-refractivity contribution in [2.75, 3.05) is 6.54 Å². The molecule has 0 spiro atoms. The molecule has 1 aromatic heterocycles. The first kappa shape index (κ1) is 11.6. The van der Waals surface area contributed by atoms with Gasteiger partial charge in [0, 0.05) is 18.4 Å². The summed E-state index contributed by atoms with van der Waals surface area (Å²) in [5.41, 5.74) is 1.41. The van der Waals surface area contributed by atoms with Gasteiger partial charge in [0.2, 0.25) is 0 Å². The lowest BCUT2D eigenvalue weighted by atomic mass is 9.88. The maximum Gasteiger partial charge on any atom is 0.0270 e. The van der Waals surface area contributed by atoms with E-state index in [1.807, 2.05) is 12.4 Å². The van der Waals surface area contributed by atoms with Crippen LogP contribution in [-0.4, -0.2) is 17.6 Å². The smallest absolute Gasteiger partial charge is 0.0270 e. The molecule has 0 bridgehead atoms. The number of aromatic nitrogens is 1. The molecule has 2 nitrogen and oxygen atoms in total. The molecule has 1 aliphatic rings. The summed E-state index contributed by atoms with van der Waals surface area (Å²) in [5.74, 6) is 0.948. The number of hydrogen-bond acceptors (Lipinski definition) is 2. The van der Waals surface area contributed by atoms with Gasteiger partial charge in [0.25, 0.3) is 0 Å². The molecule has 1 fully saturated rings. The van der Waals surface area contributed by atoms with Crippen LogP contribution in [-0.2, 0) is 6.42 Å². The highest BCUT2D eigenvalue weighted by molar-refractivity contribution is 5.09. The van der Waals surface area contributed by atoms with Crippen LogP contribution in [0, 0.1) is 5.92 Å². The summed E-state index contributed by atoms with van der Waals surface area (Å²) in [7, 11) is 0. The maximum absolute atomic E-state index is 4.05. The third-order valence-electron chi connectivity index (χ3n) is 3.71. The first-order valence-corrected chi connectivity index (χ1v) is 6.50. The monoisotopic (exact) mass is 218 g/mol. The molecular weight excluding hydrogens is 196 g/mol. The van der Waals surface area contributed by atoms with Gasteiger partial charge >= 0.3 is 0 Å². The zero-order valence-electron chi connectivity index (χ0n) is 10.2. The molecule has 1 aliphatic heterocycles. The fraction of sp³-hybridized carbons (Fsp3) is 0.643. The predicted octanol–water partition coefficient (Wildman–Crippen LogP) is 2.79. The lowest BCUT2D eigenvalue weighted by molar-refractivity contribution is 0.285. The van der Waals surface area contributed by atoms with Crippen molar-refractivity contribution < 1.29 is 0 Å². The molecule has 88 valence electrons. The second kappa shape index (κ2) is 6.00. The van der Waals surface area contributed by atoms with Crippen molar-refractivity contribution >= 4 is 0 Å². The van der Waals surface area contributed by atoms with Gasteiger partial charge in [0.05, 0.1) is 0 Å². The third kappa shape index (κ3) is 3.31. The molecule has 0 amide bonds. The molecule has 2 heteroatoms. The van der Waals surface area contributed by atoms with E-state index in [1.54, 1.807) is 0 Å². The minimum atomic E-state index is 0.729. The summed E-state index contributed by atoms with van der Waals surface area (Å²) < 4.78 is 0. The van der Waals surface area contributed by atoms with E-state index in [1.165, 1.54) is 44.2 Å². The number of hydrogen-bond donors (Lipinski definition) is 1. The quantitative estimate of drug-likeness (QED) is 0.840. The fourth-order valence-corrected chi connectivity index (χ4v) is 2.58. The second-order valence-electron chi connectivity index (χ2n) is 4.84. The Labute approximate surface area is 98.5 Å². The van der Waals surface area contributed by atoms with Crippen LogP contribution in [0.2, 0.25) is 0 Å². The number of pyridine rings is 1. The van der Waals surface area contributed by atoms with E-state index < -0.39 is 0 Å². The highest BCUT2D eigenvalue weighted by atomic mass is 14.9. The maximum atomic E-state index is 4.05. The van der Waals surface area contributed by atoms with Crippen LogP contribution in [0.1, 0.15) is 38.2 Å². The van der Waals surface area contributed by atoms with Crippen LogP contribution in [0.3, 0.4) is 0 Å². The zero-order valence-corrected chi connectivity index (χ0v) is 10.2. The Balaban J connectivity index is 1.77. The van der Waals surface area contributed by atoms with Gasteiger partial charge in [0.1, 0.15) is 0 Å². The lowest BCUT2D eigenvalue weighted by Gasteiger charge is -2.29. The Morgan fingerprint density at radius 3 is 2.94 bits per heavy atom. The summed E-state index contributed by atoms with van der Waals surface area (Å²) >= 11 is 0. The van der Waals surface area contributed by atoms with Gasteiger partial charge in [-0.3, -0.25) is 4.98 Å². The minimum Gasteiger partial charge on any atom is -0.314 e. The molecule has 2 atom stereocenters. The predicted molar refractivity (Wildman–Crippen MR) is 67.4 cm³/mol. The molecule has 1 N–H and O–H groups in total. The van der Waals surface area contributed by atoms with Crippen LogP contribution < -0.4 is 5.32 Å². The number of aryl methyl sites for hydroxylation is 1. The second-order valence-corrected chi connectivity index (χ2v) is 4.84. The largest absolute Gasteiger partial charge is 0.314 e.